The van der Waals surface area contributed by atoms with Gasteiger partial charge in [0.2, 0.25) is 0 Å². The molecule has 7 heteroatoms. The summed E-state index contributed by atoms with van der Waals surface area (Å²) in [6.45, 7) is 5.51. The summed E-state index contributed by atoms with van der Waals surface area (Å²) in [5.41, 5.74) is 0.756. The highest BCUT2D eigenvalue weighted by molar-refractivity contribution is 6.34. The quantitative estimate of drug-likeness (QED) is 0.781. The number of hydrogen-bond acceptors (Lipinski definition) is 3. The maximum absolute atomic E-state index is 12.1. The molecule has 26 heavy (non-hydrogen) atoms. The fourth-order valence-electron chi connectivity index (χ4n) is 2.05. The van der Waals surface area contributed by atoms with Crippen LogP contribution < -0.4 is 15.4 Å². The van der Waals surface area contributed by atoms with Gasteiger partial charge >= 0.3 is 0 Å². The summed E-state index contributed by atoms with van der Waals surface area (Å²) >= 11 is 11.8. The van der Waals surface area contributed by atoms with E-state index in [1.165, 1.54) is 0 Å². The summed E-state index contributed by atoms with van der Waals surface area (Å²) in [6, 6.07) is 11.4. The Bertz CT molecular complexity index is 799. The Labute approximate surface area is 162 Å². The van der Waals surface area contributed by atoms with Gasteiger partial charge in [-0.3, -0.25) is 9.59 Å². The molecule has 5 nitrogen and oxygen atoms in total. The van der Waals surface area contributed by atoms with Crippen molar-refractivity contribution in [2.24, 2.45) is 0 Å². The minimum atomic E-state index is -0.354. The lowest BCUT2D eigenvalue weighted by Gasteiger charge is -2.20. The molecule has 0 aliphatic heterocycles. The molecule has 0 aliphatic carbocycles. The number of nitrogens with one attached hydrogen (secondary N) is 2. The molecular weight excluding hydrogens is 375 g/mol. The number of carbonyl (C=O) groups is 2. The number of benzene rings is 2. The van der Waals surface area contributed by atoms with E-state index in [0.717, 1.165) is 0 Å². The summed E-state index contributed by atoms with van der Waals surface area (Å²) in [5, 5.41) is 6.40. The van der Waals surface area contributed by atoms with E-state index in [0.29, 0.717) is 27.0 Å². The van der Waals surface area contributed by atoms with Crippen LogP contribution in [0.2, 0.25) is 10.0 Å². The maximum Gasteiger partial charge on any atom is 0.262 e. The minimum Gasteiger partial charge on any atom is -0.482 e. The third-order valence-corrected chi connectivity index (χ3v) is 3.72. The Morgan fingerprint density at radius 2 is 1.69 bits per heavy atom. The highest BCUT2D eigenvalue weighted by atomic mass is 35.5. The van der Waals surface area contributed by atoms with Gasteiger partial charge in [0.15, 0.2) is 6.61 Å². The number of hydrogen-bond donors (Lipinski definition) is 2. The van der Waals surface area contributed by atoms with Gasteiger partial charge in [-0.2, -0.15) is 0 Å². The summed E-state index contributed by atoms with van der Waals surface area (Å²) in [7, 11) is 0. The van der Waals surface area contributed by atoms with Crippen molar-refractivity contribution in [2.75, 3.05) is 11.9 Å². The van der Waals surface area contributed by atoms with E-state index in [1.54, 1.807) is 42.5 Å². The van der Waals surface area contributed by atoms with Crippen LogP contribution in [-0.4, -0.2) is 24.0 Å². The summed E-state index contributed by atoms with van der Waals surface area (Å²) < 4.78 is 5.38. The van der Waals surface area contributed by atoms with E-state index in [-0.39, 0.29) is 24.0 Å². The van der Waals surface area contributed by atoms with Gasteiger partial charge in [0, 0.05) is 27.9 Å². The Morgan fingerprint density at radius 1 is 1.04 bits per heavy atom. The minimum absolute atomic E-state index is 0.172. The molecule has 2 N–H and O–H groups in total. The van der Waals surface area contributed by atoms with Gasteiger partial charge in [0.1, 0.15) is 5.75 Å². The SMILES string of the molecule is CC(C)(C)NC(=O)c1ccc(NC(=O)COc2cc(Cl)ccc2Cl)cc1. The zero-order valence-electron chi connectivity index (χ0n) is 14.7. The van der Waals surface area contributed by atoms with Crippen molar-refractivity contribution in [3.05, 3.63) is 58.1 Å². The predicted molar refractivity (Wildman–Crippen MR) is 104 cm³/mol. The first kappa shape index (κ1) is 20.1. The molecule has 0 saturated heterocycles. The van der Waals surface area contributed by atoms with E-state index in [1.807, 2.05) is 20.8 Å². The molecule has 0 radical (unpaired) electrons. The van der Waals surface area contributed by atoms with Crippen LogP contribution in [0.1, 0.15) is 31.1 Å². The lowest BCUT2D eigenvalue weighted by Crippen LogP contribution is -2.40. The molecule has 0 heterocycles. The summed E-state index contributed by atoms with van der Waals surface area (Å²) in [5.74, 6) is -0.189. The lowest BCUT2D eigenvalue weighted by atomic mass is 10.1. The number of rotatable bonds is 5. The molecule has 0 atom stereocenters. The molecule has 2 aromatic rings. The van der Waals surface area contributed by atoms with Crippen molar-refractivity contribution in [3.63, 3.8) is 0 Å². The number of amides is 2. The van der Waals surface area contributed by atoms with Gasteiger partial charge in [0.25, 0.3) is 11.8 Å². The van der Waals surface area contributed by atoms with Crippen molar-refractivity contribution in [1.29, 1.82) is 0 Å². The second kappa shape index (κ2) is 8.43. The fourth-order valence-corrected chi connectivity index (χ4v) is 2.38. The van der Waals surface area contributed by atoms with E-state index in [4.69, 9.17) is 27.9 Å². The number of ether oxygens (including phenoxy) is 1. The Hall–Kier alpha value is -2.24. The fraction of sp³-hybridized carbons (Fsp3) is 0.263. The van der Waals surface area contributed by atoms with Crippen LogP contribution in [0.5, 0.6) is 5.75 Å². The van der Waals surface area contributed by atoms with Crippen LogP contribution in [0.15, 0.2) is 42.5 Å². The molecule has 0 aromatic heterocycles. The smallest absolute Gasteiger partial charge is 0.262 e. The van der Waals surface area contributed by atoms with Crippen molar-refractivity contribution >= 4 is 40.7 Å². The van der Waals surface area contributed by atoms with Gasteiger partial charge in [-0.15, -0.1) is 0 Å². The highest BCUT2D eigenvalue weighted by Gasteiger charge is 2.15. The van der Waals surface area contributed by atoms with E-state index < -0.39 is 0 Å². The summed E-state index contributed by atoms with van der Waals surface area (Å²) in [6.07, 6.45) is 0. The van der Waals surface area contributed by atoms with E-state index in [2.05, 4.69) is 10.6 Å². The predicted octanol–water partition coefficient (Wildman–Crippen LogP) is 4.54. The average molecular weight is 395 g/mol. The van der Waals surface area contributed by atoms with Crippen molar-refractivity contribution < 1.29 is 14.3 Å². The Morgan fingerprint density at radius 3 is 2.31 bits per heavy atom. The van der Waals surface area contributed by atoms with Gasteiger partial charge in [0.05, 0.1) is 5.02 Å². The highest BCUT2D eigenvalue weighted by Crippen LogP contribution is 2.27. The second-order valence-electron chi connectivity index (χ2n) is 6.69. The standard InChI is InChI=1S/C19H20Cl2N2O3/c1-19(2,3)23-18(25)12-4-7-14(8-5-12)22-17(24)11-26-16-10-13(20)6-9-15(16)21/h4-10H,11H2,1-3H3,(H,22,24)(H,23,25). The zero-order valence-corrected chi connectivity index (χ0v) is 16.2. The molecule has 0 aliphatic rings. The Kier molecular flexibility index (Phi) is 6.51. The molecule has 2 amide bonds. The van der Waals surface area contributed by atoms with Crippen LogP contribution in [0.4, 0.5) is 5.69 Å². The zero-order chi connectivity index (χ0) is 19.3. The monoisotopic (exact) mass is 394 g/mol. The topological polar surface area (TPSA) is 67.4 Å². The third-order valence-electron chi connectivity index (χ3n) is 3.17. The van der Waals surface area contributed by atoms with Crippen molar-refractivity contribution in [2.45, 2.75) is 26.3 Å². The molecule has 0 saturated carbocycles. The van der Waals surface area contributed by atoms with Crippen molar-refractivity contribution in [1.82, 2.24) is 5.32 Å². The van der Waals surface area contributed by atoms with Crippen LogP contribution in [0.3, 0.4) is 0 Å². The molecule has 2 aromatic carbocycles. The van der Waals surface area contributed by atoms with Crippen LogP contribution in [0.25, 0.3) is 0 Å². The number of anilines is 1. The molecule has 0 fully saturated rings. The van der Waals surface area contributed by atoms with Gasteiger partial charge in [-0.1, -0.05) is 23.2 Å². The first-order valence-corrected chi connectivity index (χ1v) is 8.70. The first-order chi connectivity index (χ1) is 12.1. The number of carbonyl (C=O) groups excluding carboxylic acids is 2. The van der Waals surface area contributed by atoms with E-state index in [9.17, 15) is 9.59 Å². The Balaban J connectivity index is 1.91. The normalized spacial score (nSPS) is 11.0. The van der Waals surface area contributed by atoms with Crippen LogP contribution >= 0.6 is 23.2 Å². The molecule has 138 valence electrons. The molecule has 0 unspecified atom stereocenters. The molecule has 0 bridgehead atoms. The third kappa shape index (κ3) is 6.24. The molecule has 0 spiro atoms. The number of halogens is 2. The van der Waals surface area contributed by atoms with Crippen molar-refractivity contribution in [3.8, 4) is 5.75 Å². The maximum atomic E-state index is 12.1. The average Bonchev–Trinajstić information content (AvgIpc) is 2.55. The van der Waals surface area contributed by atoms with Gasteiger partial charge in [-0.25, -0.2) is 0 Å². The van der Waals surface area contributed by atoms with Crippen LogP contribution in [-0.2, 0) is 4.79 Å². The second-order valence-corrected chi connectivity index (χ2v) is 7.54. The molecule has 2 rings (SSSR count). The summed E-state index contributed by atoms with van der Waals surface area (Å²) in [4.78, 5) is 24.1. The molecular formula is C19H20Cl2N2O3. The lowest BCUT2D eigenvalue weighted by molar-refractivity contribution is -0.118. The van der Waals surface area contributed by atoms with E-state index >= 15 is 0 Å². The first-order valence-electron chi connectivity index (χ1n) is 7.94. The van der Waals surface area contributed by atoms with Gasteiger partial charge in [-0.05, 0) is 57.2 Å². The largest absolute Gasteiger partial charge is 0.482 e. The van der Waals surface area contributed by atoms with Crippen LogP contribution in [0, 0.1) is 0 Å². The van der Waals surface area contributed by atoms with Gasteiger partial charge < -0.3 is 15.4 Å².